The number of hydrogen-bond acceptors (Lipinski definition) is 3. The van der Waals surface area contributed by atoms with Gasteiger partial charge in [0.15, 0.2) is 0 Å². The average molecular weight is 370 g/mol. The fraction of sp³-hybridized carbons (Fsp3) is 0.188. The third-order valence-corrected chi connectivity index (χ3v) is 3.82. The first-order chi connectivity index (χ1) is 11.8. The Morgan fingerprint density at radius 3 is 2.72 bits per heavy atom. The minimum Gasteiger partial charge on any atom is -0.349 e. The zero-order chi connectivity index (χ0) is 18.1. The zero-order valence-electron chi connectivity index (χ0n) is 12.5. The number of anilines is 1. The zero-order valence-corrected chi connectivity index (χ0v) is 13.3. The van der Waals surface area contributed by atoms with Gasteiger partial charge in [0.05, 0.1) is 18.5 Å². The van der Waals surface area contributed by atoms with Crippen LogP contribution >= 0.6 is 11.6 Å². The highest BCUT2D eigenvalue weighted by Gasteiger charge is 2.58. The molecule has 25 heavy (non-hydrogen) atoms. The van der Waals surface area contributed by atoms with Crippen LogP contribution in [0.1, 0.15) is 11.3 Å². The van der Waals surface area contributed by atoms with Crippen molar-refractivity contribution in [1.29, 1.82) is 0 Å². The number of aliphatic imine (C=N–C) groups is 1. The number of carbonyl (C=O) groups excluding carboxylic acids is 1. The Labute approximate surface area is 145 Å². The normalized spacial score (nSPS) is 19.9. The van der Waals surface area contributed by atoms with Crippen molar-refractivity contribution in [2.24, 2.45) is 4.99 Å². The number of aromatic nitrogens is 1. The van der Waals surface area contributed by atoms with Crippen LogP contribution in [0.4, 0.5) is 23.7 Å². The first-order valence-corrected chi connectivity index (χ1v) is 7.46. The van der Waals surface area contributed by atoms with E-state index in [9.17, 15) is 18.0 Å². The maximum atomic E-state index is 14.0. The molecule has 2 aromatic rings. The molecule has 0 unspecified atom stereocenters. The monoisotopic (exact) mass is 369 g/mol. The Morgan fingerprint density at radius 1 is 1.24 bits per heavy atom. The number of alkyl halides is 3. The van der Waals surface area contributed by atoms with Gasteiger partial charge in [-0.2, -0.15) is 13.2 Å². The van der Waals surface area contributed by atoms with E-state index in [-0.39, 0.29) is 16.3 Å². The van der Waals surface area contributed by atoms with Gasteiger partial charge < -0.3 is 10.1 Å². The highest BCUT2D eigenvalue weighted by Crippen LogP contribution is 2.46. The number of ether oxygens (including phenoxy) is 1. The molecule has 130 valence electrons. The topological polar surface area (TPSA) is 63.6 Å². The summed E-state index contributed by atoms with van der Waals surface area (Å²) in [6, 6.07) is 7.59. The fourth-order valence-corrected chi connectivity index (χ4v) is 2.57. The number of benzene rings is 1. The lowest BCUT2D eigenvalue weighted by molar-refractivity contribution is -0.255. The van der Waals surface area contributed by atoms with Crippen LogP contribution in [0.25, 0.3) is 0 Å². The first-order valence-electron chi connectivity index (χ1n) is 7.09. The second-order valence-corrected chi connectivity index (χ2v) is 5.66. The van der Waals surface area contributed by atoms with Crippen molar-refractivity contribution >= 4 is 29.5 Å². The summed E-state index contributed by atoms with van der Waals surface area (Å²) in [5.41, 5.74) is -3.07. The Morgan fingerprint density at radius 2 is 2.04 bits per heavy atom. The van der Waals surface area contributed by atoms with Gasteiger partial charge in [-0.05, 0) is 30.3 Å². The number of urea groups is 1. The standard InChI is InChI=1S/C16H11ClF3N3O2/c17-10-4-5-13-12(7-10)15(16(18,19)20,9-22-14(24)23-13)25-8-11-3-1-2-6-21-11/h1-7,9H,8H2,(H,23,24)/t15-/m0/s1. The van der Waals surface area contributed by atoms with Crippen LogP contribution in [0.15, 0.2) is 47.6 Å². The molecule has 0 spiro atoms. The molecule has 0 bridgehead atoms. The Kier molecular flexibility index (Phi) is 4.49. The molecule has 1 aliphatic rings. The van der Waals surface area contributed by atoms with Crippen LogP contribution in [-0.4, -0.2) is 23.4 Å². The van der Waals surface area contributed by atoms with Crippen LogP contribution < -0.4 is 5.32 Å². The van der Waals surface area contributed by atoms with Gasteiger partial charge in [0.25, 0.3) is 0 Å². The van der Waals surface area contributed by atoms with E-state index in [1.54, 1.807) is 12.1 Å². The number of fused-ring (bicyclic) bond motifs is 1. The number of hydrogen-bond donors (Lipinski definition) is 1. The van der Waals surface area contributed by atoms with Crippen molar-refractivity contribution in [1.82, 2.24) is 4.98 Å². The molecule has 1 aliphatic heterocycles. The van der Waals surface area contributed by atoms with E-state index < -0.39 is 24.4 Å². The summed E-state index contributed by atoms with van der Waals surface area (Å²) in [7, 11) is 0. The van der Waals surface area contributed by atoms with E-state index >= 15 is 0 Å². The molecule has 0 radical (unpaired) electrons. The molecular weight excluding hydrogens is 359 g/mol. The SMILES string of the molecule is O=C1N=C[C@@](OCc2ccccn2)(C(F)(F)F)c2cc(Cl)ccc2N1. The van der Waals surface area contributed by atoms with Crippen molar-refractivity contribution in [2.75, 3.05) is 5.32 Å². The highest BCUT2D eigenvalue weighted by molar-refractivity contribution is 6.30. The van der Waals surface area contributed by atoms with Crippen LogP contribution in [0, 0.1) is 0 Å². The molecule has 1 aromatic heterocycles. The van der Waals surface area contributed by atoms with Gasteiger partial charge in [0, 0.05) is 22.5 Å². The predicted molar refractivity (Wildman–Crippen MR) is 85.7 cm³/mol. The Hall–Kier alpha value is -2.45. The molecule has 0 aliphatic carbocycles. The molecule has 9 heteroatoms. The number of amides is 2. The van der Waals surface area contributed by atoms with E-state index in [2.05, 4.69) is 15.3 Å². The van der Waals surface area contributed by atoms with Crippen molar-refractivity contribution in [3.8, 4) is 0 Å². The van der Waals surface area contributed by atoms with Crippen molar-refractivity contribution in [2.45, 2.75) is 18.4 Å². The quantitative estimate of drug-likeness (QED) is 0.876. The molecule has 2 amide bonds. The van der Waals surface area contributed by atoms with Crippen molar-refractivity contribution in [3.63, 3.8) is 0 Å². The minimum atomic E-state index is -4.89. The van der Waals surface area contributed by atoms with Gasteiger partial charge in [-0.3, -0.25) is 4.98 Å². The van der Waals surface area contributed by atoms with Gasteiger partial charge in [0.1, 0.15) is 0 Å². The number of rotatable bonds is 3. The van der Waals surface area contributed by atoms with E-state index in [4.69, 9.17) is 16.3 Å². The first kappa shape index (κ1) is 17.4. The van der Waals surface area contributed by atoms with Crippen LogP contribution in [0.3, 0.4) is 0 Å². The fourth-order valence-electron chi connectivity index (χ4n) is 2.39. The molecule has 0 saturated heterocycles. The summed E-state index contributed by atoms with van der Waals surface area (Å²) in [6.07, 6.45) is -3.00. The maximum Gasteiger partial charge on any atom is 0.427 e. The molecule has 1 atom stereocenters. The van der Waals surface area contributed by atoms with Gasteiger partial charge >= 0.3 is 12.2 Å². The third-order valence-electron chi connectivity index (χ3n) is 3.58. The second kappa shape index (κ2) is 6.45. The molecule has 3 rings (SSSR count). The summed E-state index contributed by atoms with van der Waals surface area (Å²) in [5.74, 6) is 0. The molecule has 1 aromatic carbocycles. The van der Waals surface area contributed by atoms with Crippen LogP contribution in [-0.2, 0) is 16.9 Å². The van der Waals surface area contributed by atoms with Crippen LogP contribution in [0.2, 0.25) is 5.02 Å². The summed E-state index contributed by atoms with van der Waals surface area (Å²) in [6.45, 7) is -0.438. The van der Waals surface area contributed by atoms with E-state index in [1.165, 1.54) is 24.4 Å². The lowest BCUT2D eigenvalue weighted by Crippen LogP contribution is -2.46. The summed E-state index contributed by atoms with van der Waals surface area (Å²) >= 11 is 5.87. The average Bonchev–Trinajstić information content (AvgIpc) is 2.70. The highest BCUT2D eigenvalue weighted by atomic mass is 35.5. The van der Waals surface area contributed by atoms with Gasteiger partial charge in [-0.15, -0.1) is 0 Å². The van der Waals surface area contributed by atoms with Crippen molar-refractivity contribution in [3.05, 3.63) is 58.9 Å². The van der Waals surface area contributed by atoms with E-state index in [1.807, 2.05) is 0 Å². The largest absolute Gasteiger partial charge is 0.427 e. The van der Waals surface area contributed by atoms with Crippen LogP contribution in [0.5, 0.6) is 0 Å². The Balaban J connectivity index is 2.12. The summed E-state index contributed by atoms with van der Waals surface area (Å²) < 4.78 is 47.2. The maximum absolute atomic E-state index is 14.0. The molecule has 2 heterocycles. The van der Waals surface area contributed by atoms with Gasteiger partial charge in [0.2, 0.25) is 5.60 Å². The second-order valence-electron chi connectivity index (χ2n) is 5.22. The smallest absolute Gasteiger partial charge is 0.349 e. The number of halogens is 4. The molecule has 1 N–H and O–H groups in total. The summed E-state index contributed by atoms with van der Waals surface area (Å²) in [4.78, 5) is 18.9. The minimum absolute atomic E-state index is 0.0679. The third kappa shape index (κ3) is 3.35. The van der Waals surface area contributed by atoms with Gasteiger partial charge in [-0.1, -0.05) is 17.7 Å². The number of pyridine rings is 1. The number of nitrogens with one attached hydrogen (secondary N) is 1. The number of nitrogens with zero attached hydrogens (tertiary/aromatic N) is 2. The number of carbonyl (C=O) groups is 1. The predicted octanol–water partition coefficient (Wildman–Crippen LogP) is 4.33. The lowest BCUT2D eigenvalue weighted by Gasteiger charge is -2.33. The molecule has 0 fully saturated rings. The Bertz CT molecular complexity index is 827. The van der Waals surface area contributed by atoms with Crippen molar-refractivity contribution < 1.29 is 22.7 Å². The molecular formula is C16H11ClF3N3O2. The van der Waals surface area contributed by atoms with E-state index in [0.717, 1.165) is 6.07 Å². The molecule has 0 saturated carbocycles. The molecule has 5 nitrogen and oxygen atoms in total. The summed E-state index contributed by atoms with van der Waals surface area (Å²) in [5, 5.41) is 2.35. The van der Waals surface area contributed by atoms with Gasteiger partial charge in [-0.25, -0.2) is 9.79 Å². The lowest BCUT2D eigenvalue weighted by atomic mass is 9.92. The van der Waals surface area contributed by atoms with E-state index in [0.29, 0.717) is 11.9 Å².